The van der Waals surface area contributed by atoms with Gasteiger partial charge in [0.05, 0.1) is 5.92 Å². The fourth-order valence-corrected chi connectivity index (χ4v) is 0.679. The molecule has 1 rings (SSSR count). The molecule has 1 aromatic heterocycles. The van der Waals surface area contributed by atoms with Crippen molar-refractivity contribution in [3.05, 3.63) is 29.6 Å². The number of hydrogen-bond acceptors (Lipinski definition) is 3. The Balaban J connectivity index is 0. The van der Waals surface area contributed by atoms with E-state index in [1.165, 1.54) is 0 Å². The van der Waals surface area contributed by atoms with E-state index in [1.807, 2.05) is 53.5 Å². The van der Waals surface area contributed by atoms with Gasteiger partial charge in [0.25, 0.3) is 0 Å². The molecule has 96 valence electrons. The second-order valence-electron chi connectivity index (χ2n) is 3.41. The van der Waals surface area contributed by atoms with Crippen LogP contribution >= 0.6 is 0 Å². The van der Waals surface area contributed by atoms with E-state index in [1.54, 1.807) is 13.8 Å². The van der Waals surface area contributed by atoms with Gasteiger partial charge in [-0.3, -0.25) is 9.78 Å². The van der Waals surface area contributed by atoms with E-state index < -0.39 is 5.97 Å². The molecule has 0 spiro atoms. The van der Waals surface area contributed by atoms with Crippen molar-refractivity contribution in [2.45, 2.75) is 27.7 Å². The molecule has 0 amide bonds. The molecule has 0 aliphatic rings. The van der Waals surface area contributed by atoms with Crippen molar-refractivity contribution < 1.29 is 35.0 Å². The third kappa shape index (κ3) is 11.4. The number of carboxylic acid groups (broad SMARTS) is 1. The number of aliphatic carboxylic acids is 1. The van der Waals surface area contributed by atoms with Gasteiger partial charge in [-0.15, -0.1) is 0 Å². The molecular weight excluding hydrogens is 302 g/mol. The first-order valence-electron chi connectivity index (χ1n) is 4.70. The topological polar surface area (TPSA) is 70.4 Å². The molecule has 0 unspecified atom stereocenters. The molecule has 4 nitrogen and oxygen atoms in total. The molecule has 0 fully saturated rings. The number of aryl methyl sites for hydroxylation is 2. The maximum atomic E-state index is 9.70. The first-order valence-corrected chi connectivity index (χ1v) is 5.36. The van der Waals surface area contributed by atoms with Crippen LogP contribution in [0, 0.1) is 19.8 Å². The van der Waals surface area contributed by atoms with Crippen LogP contribution in [0.25, 0.3) is 0 Å². The molecule has 0 aliphatic carbocycles. The summed E-state index contributed by atoms with van der Waals surface area (Å²) in [5.74, 6) is -0.972. The third-order valence-corrected chi connectivity index (χ3v) is 1.52. The molecule has 0 radical (unpaired) electrons. The second kappa shape index (κ2) is 10.8. The number of carboxylic acids is 1. The van der Waals surface area contributed by atoms with Crippen molar-refractivity contribution in [2.75, 3.05) is 0 Å². The molecular formula is C11H18AgNO3. The van der Waals surface area contributed by atoms with E-state index in [4.69, 9.17) is 8.72 Å². The molecule has 0 bridgehead atoms. The number of hydrogen-bond donors (Lipinski definition) is 2. The fraction of sp³-hybridized carbons (Fsp3) is 0.455. The molecule has 0 saturated carbocycles. The molecule has 16 heavy (non-hydrogen) atoms. The van der Waals surface area contributed by atoms with E-state index >= 15 is 0 Å². The van der Waals surface area contributed by atoms with Crippen LogP contribution in [0.5, 0.6) is 0 Å². The van der Waals surface area contributed by atoms with Crippen LogP contribution in [-0.2, 0) is 26.3 Å². The number of nitrogens with zero attached hydrogens (tertiary/aromatic N) is 1. The van der Waals surface area contributed by atoms with Crippen LogP contribution in [0.1, 0.15) is 25.2 Å². The summed E-state index contributed by atoms with van der Waals surface area (Å²) in [5.41, 5.74) is 2.18. The summed E-state index contributed by atoms with van der Waals surface area (Å²) in [7, 11) is 0. The van der Waals surface area contributed by atoms with Gasteiger partial charge in [0.15, 0.2) is 0 Å². The summed E-state index contributed by atoms with van der Waals surface area (Å²) in [6.07, 6.45) is 0. The Morgan fingerprint density at radius 2 is 1.56 bits per heavy atom. The van der Waals surface area contributed by atoms with Gasteiger partial charge in [0.2, 0.25) is 0 Å². The number of carbonyl (C=O) groups is 1. The van der Waals surface area contributed by atoms with Crippen LogP contribution in [0.2, 0.25) is 0 Å². The van der Waals surface area contributed by atoms with Crippen LogP contribution < -0.4 is 0 Å². The molecule has 0 atom stereocenters. The van der Waals surface area contributed by atoms with Crippen LogP contribution in [0.4, 0.5) is 0 Å². The van der Waals surface area contributed by atoms with Gasteiger partial charge in [-0.25, -0.2) is 0 Å². The predicted octanol–water partition coefficient (Wildman–Crippen LogP) is 1.87. The Kier molecular flexibility index (Phi) is 12.0. The predicted molar refractivity (Wildman–Crippen MR) is 58.4 cm³/mol. The Morgan fingerprint density at radius 3 is 1.69 bits per heavy atom. The Morgan fingerprint density at radius 1 is 1.25 bits per heavy atom. The van der Waals surface area contributed by atoms with Crippen LogP contribution in [-0.4, -0.2) is 19.7 Å². The zero-order valence-electron chi connectivity index (χ0n) is 9.86. The summed E-state index contributed by atoms with van der Waals surface area (Å²) in [6, 6.07) is 6.00. The molecule has 0 aromatic carbocycles. The Bertz CT molecular complexity index is 286. The van der Waals surface area contributed by atoms with Gasteiger partial charge < -0.3 is 5.11 Å². The van der Waals surface area contributed by atoms with Gasteiger partial charge in [-0.1, -0.05) is 19.9 Å². The second-order valence-corrected chi connectivity index (χ2v) is 3.41. The van der Waals surface area contributed by atoms with Crippen molar-refractivity contribution >= 4 is 5.97 Å². The molecule has 2 N–H and O–H groups in total. The summed E-state index contributed by atoms with van der Waals surface area (Å²) >= 11 is 1.95. The van der Waals surface area contributed by atoms with E-state index in [-0.39, 0.29) is 5.92 Å². The first-order chi connectivity index (χ1) is 7.43. The summed E-state index contributed by atoms with van der Waals surface area (Å²) in [5, 5.41) is 7.99. The van der Waals surface area contributed by atoms with Gasteiger partial charge in [-0.05, 0) is 26.0 Å². The number of pyridine rings is 1. The van der Waals surface area contributed by atoms with Crippen molar-refractivity contribution in [1.82, 2.24) is 4.98 Å². The SMILES string of the molecule is CC(C)C(=O)O.Cc1cccc(C)n1.[OH][Ag]. The van der Waals surface area contributed by atoms with Crippen molar-refractivity contribution in [3.8, 4) is 0 Å². The zero-order valence-corrected chi connectivity index (χ0v) is 11.3. The zero-order chi connectivity index (χ0) is 13.1. The van der Waals surface area contributed by atoms with Crippen LogP contribution in [0.3, 0.4) is 0 Å². The monoisotopic (exact) mass is 319 g/mol. The van der Waals surface area contributed by atoms with Gasteiger partial charge >= 0.3 is 31.0 Å². The first kappa shape index (κ1) is 17.7. The van der Waals surface area contributed by atoms with Crippen LogP contribution in [0.15, 0.2) is 18.2 Å². The van der Waals surface area contributed by atoms with E-state index in [2.05, 4.69) is 4.98 Å². The van der Waals surface area contributed by atoms with Crippen molar-refractivity contribution in [2.24, 2.45) is 5.92 Å². The minimum absolute atomic E-state index is 0.231. The van der Waals surface area contributed by atoms with Crippen molar-refractivity contribution in [1.29, 1.82) is 0 Å². The Labute approximate surface area is 109 Å². The maximum absolute atomic E-state index is 9.70. The fourth-order valence-electron chi connectivity index (χ4n) is 0.679. The standard InChI is InChI=1S/C7H9N.C4H8O2.Ag.H2O/c1-6-4-3-5-7(2)8-6;1-3(2)4(5)6;;/h3-5H,1-2H3;3H,1-2H3,(H,5,6);;1H2/q;;+1;/p-1. The molecule has 1 aromatic rings. The van der Waals surface area contributed by atoms with E-state index in [0.717, 1.165) is 11.4 Å². The molecule has 0 aliphatic heterocycles. The van der Waals surface area contributed by atoms with E-state index in [0.29, 0.717) is 0 Å². The number of aromatic nitrogens is 1. The summed E-state index contributed by atoms with van der Waals surface area (Å²) in [4.78, 5) is 13.9. The van der Waals surface area contributed by atoms with Crippen molar-refractivity contribution in [3.63, 3.8) is 0 Å². The normalized spacial score (nSPS) is 8.50. The van der Waals surface area contributed by atoms with Gasteiger partial charge in [-0.2, -0.15) is 0 Å². The Hall–Kier alpha value is -0.680. The third-order valence-electron chi connectivity index (χ3n) is 1.52. The van der Waals surface area contributed by atoms with Gasteiger partial charge in [0.1, 0.15) is 0 Å². The summed E-state index contributed by atoms with van der Waals surface area (Å²) in [6.45, 7) is 7.27. The quantitative estimate of drug-likeness (QED) is 0.775. The average molecular weight is 320 g/mol. The van der Waals surface area contributed by atoms with Gasteiger partial charge in [0, 0.05) is 11.4 Å². The minimum atomic E-state index is -0.741. The number of rotatable bonds is 1. The molecule has 0 saturated heterocycles. The average Bonchev–Trinajstić information content (AvgIpc) is 2.21. The molecule has 5 heteroatoms. The summed E-state index contributed by atoms with van der Waals surface area (Å²) < 4.78 is 6.81. The van der Waals surface area contributed by atoms with E-state index in [9.17, 15) is 4.79 Å². The molecule has 1 heterocycles.